The van der Waals surface area contributed by atoms with Crippen LogP contribution in [0.25, 0.3) is 0 Å². The zero-order chi connectivity index (χ0) is 9.97. The summed E-state index contributed by atoms with van der Waals surface area (Å²) in [6.45, 7) is 0.990. The van der Waals surface area contributed by atoms with Crippen molar-refractivity contribution in [2.24, 2.45) is 0 Å². The van der Waals surface area contributed by atoms with Crippen molar-refractivity contribution in [2.45, 2.75) is 18.9 Å². The van der Waals surface area contributed by atoms with Gasteiger partial charge < -0.3 is 10.4 Å². The second-order valence-corrected chi connectivity index (χ2v) is 3.40. The zero-order valence-corrected chi connectivity index (χ0v) is 7.73. The Morgan fingerprint density at radius 1 is 1.57 bits per heavy atom. The number of rotatable bonds is 2. The van der Waals surface area contributed by atoms with Gasteiger partial charge in [0.2, 0.25) is 0 Å². The highest BCUT2D eigenvalue weighted by atomic mass is 16.4. The van der Waals surface area contributed by atoms with E-state index in [1.54, 1.807) is 6.07 Å². The summed E-state index contributed by atoms with van der Waals surface area (Å²) in [7, 11) is 0. The predicted molar refractivity (Wildman–Crippen MR) is 51.2 cm³/mol. The molecule has 0 bridgehead atoms. The highest BCUT2D eigenvalue weighted by molar-refractivity contribution is 5.85. The largest absolute Gasteiger partial charge is 0.477 e. The normalized spacial score (nSPS) is 21.0. The Bertz CT molecular complexity index is 346. The summed E-state index contributed by atoms with van der Waals surface area (Å²) in [4.78, 5) is 14.8. The molecule has 1 saturated heterocycles. The molecule has 1 aromatic heterocycles. The van der Waals surface area contributed by atoms with Gasteiger partial charge in [0.25, 0.3) is 0 Å². The molecular weight excluding hydrogens is 180 g/mol. The van der Waals surface area contributed by atoms with Crippen LogP contribution in [0.2, 0.25) is 0 Å². The maximum atomic E-state index is 10.7. The van der Waals surface area contributed by atoms with Crippen LogP contribution in [-0.2, 0) is 0 Å². The van der Waals surface area contributed by atoms with Crippen molar-refractivity contribution in [3.63, 3.8) is 0 Å². The quantitative estimate of drug-likeness (QED) is 0.739. The van der Waals surface area contributed by atoms with Gasteiger partial charge in [-0.2, -0.15) is 0 Å². The number of hydrogen-bond acceptors (Lipinski definition) is 3. The number of nitrogens with one attached hydrogen (secondary N) is 1. The Morgan fingerprint density at radius 2 is 2.43 bits per heavy atom. The van der Waals surface area contributed by atoms with Crippen LogP contribution in [0.5, 0.6) is 0 Å². The molecule has 1 aromatic rings. The Labute approximate surface area is 82.0 Å². The van der Waals surface area contributed by atoms with Gasteiger partial charge in [-0.1, -0.05) is 6.07 Å². The molecule has 0 saturated carbocycles. The van der Waals surface area contributed by atoms with Crippen molar-refractivity contribution in [1.82, 2.24) is 10.3 Å². The summed E-state index contributed by atoms with van der Waals surface area (Å²) in [5.74, 6) is -0.968. The van der Waals surface area contributed by atoms with Gasteiger partial charge in [-0.05, 0) is 31.5 Å². The molecule has 0 amide bonds. The molecule has 1 atom stereocenters. The summed E-state index contributed by atoms with van der Waals surface area (Å²) < 4.78 is 0. The minimum absolute atomic E-state index is 0.121. The van der Waals surface area contributed by atoms with E-state index in [0.717, 1.165) is 25.1 Å². The number of nitrogens with zero attached hydrogens (tertiary/aromatic N) is 1. The van der Waals surface area contributed by atoms with Crippen molar-refractivity contribution >= 4 is 5.97 Å². The molecule has 1 aliphatic rings. The fourth-order valence-electron chi connectivity index (χ4n) is 1.70. The first-order valence-electron chi connectivity index (χ1n) is 4.71. The van der Waals surface area contributed by atoms with E-state index >= 15 is 0 Å². The van der Waals surface area contributed by atoms with Crippen molar-refractivity contribution in [3.05, 3.63) is 29.6 Å². The molecule has 2 heterocycles. The Hall–Kier alpha value is -1.42. The molecule has 0 unspecified atom stereocenters. The van der Waals surface area contributed by atoms with Crippen LogP contribution in [0.15, 0.2) is 18.2 Å². The molecule has 0 radical (unpaired) electrons. The van der Waals surface area contributed by atoms with E-state index in [2.05, 4.69) is 10.3 Å². The summed E-state index contributed by atoms with van der Waals surface area (Å²) in [5.41, 5.74) is 0.957. The van der Waals surface area contributed by atoms with Gasteiger partial charge in [-0.15, -0.1) is 0 Å². The molecule has 0 spiro atoms. The zero-order valence-electron chi connectivity index (χ0n) is 7.73. The third-order valence-electron chi connectivity index (χ3n) is 2.41. The molecule has 74 valence electrons. The molecule has 1 fully saturated rings. The number of carboxylic acids is 1. The van der Waals surface area contributed by atoms with Crippen molar-refractivity contribution < 1.29 is 9.90 Å². The molecule has 1 aliphatic heterocycles. The number of carbonyl (C=O) groups is 1. The van der Waals surface area contributed by atoms with Crippen LogP contribution in [0.3, 0.4) is 0 Å². The van der Waals surface area contributed by atoms with E-state index in [-0.39, 0.29) is 11.7 Å². The van der Waals surface area contributed by atoms with Crippen molar-refractivity contribution in [1.29, 1.82) is 0 Å². The van der Waals surface area contributed by atoms with Crippen LogP contribution in [-0.4, -0.2) is 22.6 Å². The van der Waals surface area contributed by atoms with E-state index in [4.69, 9.17) is 5.11 Å². The fraction of sp³-hybridized carbons (Fsp3) is 0.400. The monoisotopic (exact) mass is 192 g/mol. The highest BCUT2D eigenvalue weighted by Crippen LogP contribution is 2.21. The molecular formula is C10H12N2O2. The lowest BCUT2D eigenvalue weighted by molar-refractivity contribution is 0.0690. The Morgan fingerprint density at radius 3 is 3.07 bits per heavy atom. The van der Waals surface area contributed by atoms with Crippen LogP contribution in [0, 0.1) is 0 Å². The molecule has 2 N–H and O–H groups in total. The second-order valence-electron chi connectivity index (χ2n) is 3.40. The highest BCUT2D eigenvalue weighted by Gasteiger charge is 2.18. The van der Waals surface area contributed by atoms with Crippen molar-refractivity contribution in [3.8, 4) is 0 Å². The average molecular weight is 192 g/mol. The topological polar surface area (TPSA) is 62.2 Å². The van der Waals surface area contributed by atoms with E-state index in [9.17, 15) is 4.79 Å². The van der Waals surface area contributed by atoms with Crippen molar-refractivity contribution in [2.75, 3.05) is 6.54 Å². The molecule has 14 heavy (non-hydrogen) atoms. The van der Waals surface area contributed by atoms with Gasteiger partial charge in [-0.3, -0.25) is 0 Å². The van der Waals surface area contributed by atoms with Gasteiger partial charge in [0, 0.05) is 6.04 Å². The maximum absolute atomic E-state index is 10.7. The standard InChI is InChI=1S/C10H12N2O2/c13-10(14)9-4-1-3-8(12-9)7-5-2-6-11-7/h1,3-4,7,11H,2,5-6H2,(H,13,14)/t7-/m1/s1. The van der Waals surface area contributed by atoms with Crippen LogP contribution in [0.1, 0.15) is 35.1 Å². The summed E-state index contributed by atoms with van der Waals surface area (Å²) >= 11 is 0. The van der Waals surface area contributed by atoms with Gasteiger partial charge in [0.05, 0.1) is 5.69 Å². The third kappa shape index (κ3) is 1.75. The Kier molecular flexibility index (Phi) is 2.45. The van der Waals surface area contributed by atoms with Gasteiger partial charge in [0.15, 0.2) is 0 Å². The minimum atomic E-state index is -0.968. The average Bonchev–Trinajstić information content (AvgIpc) is 2.71. The number of aromatic nitrogens is 1. The summed E-state index contributed by atoms with van der Waals surface area (Å²) in [6, 6.07) is 5.36. The number of pyridine rings is 1. The van der Waals surface area contributed by atoms with E-state index in [0.29, 0.717) is 0 Å². The Balaban J connectivity index is 2.25. The minimum Gasteiger partial charge on any atom is -0.477 e. The SMILES string of the molecule is O=C(O)c1cccc([C@H]2CCCN2)n1. The fourth-order valence-corrected chi connectivity index (χ4v) is 1.70. The summed E-state index contributed by atoms with van der Waals surface area (Å²) in [6.07, 6.45) is 2.17. The first-order valence-corrected chi connectivity index (χ1v) is 4.71. The molecule has 2 rings (SSSR count). The second kappa shape index (κ2) is 3.75. The lowest BCUT2D eigenvalue weighted by Gasteiger charge is -2.09. The molecule has 4 heteroatoms. The number of carboxylic acid groups (broad SMARTS) is 1. The van der Waals surface area contributed by atoms with Gasteiger partial charge >= 0.3 is 5.97 Å². The third-order valence-corrected chi connectivity index (χ3v) is 2.41. The predicted octanol–water partition coefficient (Wildman–Crippen LogP) is 1.20. The van der Waals surface area contributed by atoms with E-state index in [1.807, 2.05) is 6.07 Å². The van der Waals surface area contributed by atoms with Gasteiger partial charge in [0.1, 0.15) is 5.69 Å². The van der Waals surface area contributed by atoms with Gasteiger partial charge in [-0.25, -0.2) is 9.78 Å². The molecule has 4 nitrogen and oxygen atoms in total. The summed E-state index contributed by atoms with van der Waals surface area (Å²) in [5, 5.41) is 12.1. The van der Waals surface area contributed by atoms with Crippen LogP contribution < -0.4 is 5.32 Å². The first-order chi connectivity index (χ1) is 6.77. The maximum Gasteiger partial charge on any atom is 0.354 e. The number of aromatic carboxylic acids is 1. The number of hydrogen-bond donors (Lipinski definition) is 2. The first kappa shape index (κ1) is 9.15. The lowest BCUT2D eigenvalue weighted by Crippen LogP contribution is -2.15. The smallest absolute Gasteiger partial charge is 0.354 e. The molecule has 0 aromatic carbocycles. The lowest BCUT2D eigenvalue weighted by atomic mass is 10.1. The molecule has 0 aliphatic carbocycles. The van der Waals surface area contributed by atoms with Crippen LogP contribution >= 0.6 is 0 Å². The van der Waals surface area contributed by atoms with E-state index < -0.39 is 5.97 Å². The van der Waals surface area contributed by atoms with E-state index in [1.165, 1.54) is 6.07 Å². The van der Waals surface area contributed by atoms with Crippen LogP contribution in [0.4, 0.5) is 0 Å².